The lowest BCUT2D eigenvalue weighted by atomic mass is 10.2. The van der Waals surface area contributed by atoms with Crippen molar-refractivity contribution >= 4 is 34.4 Å². The maximum Gasteiger partial charge on any atom is 0.340 e. The number of aryl methyl sites for hydroxylation is 1. The van der Waals surface area contributed by atoms with E-state index in [1.54, 1.807) is 29.9 Å². The normalized spacial score (nSPS) is 10.6. The highest BCUT2D eigenvalue weighted by atomic mass is 19.2. The second kappa shape index (κ2) is 8.51. The summed E-state index contributed by atoms with van der Waals surface area (Å²) < 4.78 is 32.8. The van der Waals surface area contributed by atoms with Crippen LogP contribution in [0.25, 0.3) is 10.9 Å². The Morgan fingerprint density at radius 1 is 1.03 bits per heavy atom. The number of esters is 1. The highest BCUT2D eigenvalue weighted by Crippen LogP contribution is 2.20. The van der Waals surface area contributed by atoms with Crippen molar-refractivity contribution in [2.45, 2.75) is 0 Å². The van der Waals surface area contributed by atoms with Gasteiger partial charge in [0, 0.05) is 35.9 Å². The zero-order valence-corrected chi connectivity index (χ0v) is 15.4. The van der Waals surface area contributed by atoms with E-state index in [1.807, 2.05) is 12.1 Å². The molecule has 0 aliphatic heterocycles. The molecule has 7 nitrogen and oxygen atoms in total. The lowest BCUT2D eigenvalue weighted by molar-refractivity contribution is -0.126. The fraction of sp³-hybridized carbons (Fsp3) is 0.150. The molecule has 150 valence electrons. The van der Waals surface area contributed by atoms with Gasteiger partial charge in [0.2, 0.25) is 5.91 Å². The SMILES string of the molecule is Cn1cc(C(=O)OCC(=O)NCC(=O)Nc2ccc(F)c(F)c2)c2ccccc21. The van der Waals surface area contributed by atoms with Gasteiger partial charge in [-0.25, -0.2) is 13.6 Å². The van der Waals surface area contributed by atoms with Gasteiger partial charge < -0.3 is 19.9 Å². The van der Waals surface area contributed by atoms with Gasteiger partial charge in [0.1, 0.15) is 0 Å². The molecule has 2 amide bonds. The number of fused-ring (bicyclic) bond motifs is 1. The summed E-state index contributed by atoms with van der Waals surface area (Å²) >= 11 is 0. The Hall–Kier alpha value is -3.75. The third kappa shape index (κ3) is 4.75. The Morgan fingerprint density at radius 3 is 2.55 bits per heavy atom. The Bertz CT molecular complexity index is 1090. The molecule has 0 unspecified atom stereocenters. The highest BCUT2D eigenvalue weighted by molar-refractivity contribution is 6.05. The number of nitrogens with one attached hydrogen (secondary N) is 2. The van der Waals surface area contributed by atoms with E-state index < -0.39 is 42.6 Å². The molecule has 3 rings (SSSR count). The van der Waals surface area contributed by atoms with Crippen molar-refractivity contribution in [2.75, 3.05) is 18.5 Å². The number of aromatic nitrogens is 1. The van der Waals surface area contributed by atoms with Crippen LogP contribution in [0.5, 0.6) is 0 Å². The van der Waals surface area contributed by atoms with Crippen LogP contribution in [-0.2, 0) is 21.4 Å². The van der Waals surface area contributed by atoms with Gasteiger partial charge in [-0.2, -0.15) is 0 Å². The van der Waals surface area contributed by atoms with Crippen LogP contribution in [-0.4, -0.2) is 35.5 Å². The van der Waals surface area contributed by atoms with Gasteiger partial charge in [-0.15, -0.1) is 0 Å². The zero-order chi connectivity index (χ0) is 21.0. The van der Waals surface area contributed by atoms with Crippen molar-refractivity contribution in [1.82, 2.24) is 9.88 Å². The van der Waals surface area contributed by atoms with E-state index in [0.29, 0.717) is 10.9 Å². The smallest absolute Gasteiger partial charge is 0.340 e. The third-order valence-electron chi connectivity index (χ3n) is 4.10. The molecule has 2 aromatic carbocycles. The van der Waals surface area contributed by atoms with Crippen molar-refractivity contribution in [2.24, 2.45) is 7.05 Å². The molecule has 0 aliphatic rings. The minimum Gasteiger partial charge on any atom is -0.452 e. The lowest BCUT2D eigenvalue weighted by Crippen LogP contribution is -2.35. The Labute approximate surface area is 164 Å². The molecule has 0 atom stereocenters. The van der Waals surface area contributed by atoms with Crippen LogP contribution in [0, 0.1) is 11.6 Å². The van der Waals surface area contributed by atoms with Crippen molar-refractivity contribution in [3.05, 3.63) is 65.9 Å². The molecular formula is C20H17F2N3O4. The third-order valence-corrected chi connectivity index (χ3v) is 4.10. The summed E-state index contributed by atoms with van der Waals surface area (Å²) in [5.74, 6) is -4.14. The highest BCUT2D eigenvalue weighted by Gasteiger charge is 2.16. The number of carbonyl (C=O) groups is 3. The summed E-state index contributed by atoms with van der Waals surface area (Å²) in [6, 6.07) is 10.1. The van der Waals surface area contributed by atoms with E-state index >= 15 is 0 Å². The molecule has 1 heterocycles. The Kier molecular flexibility index (Phi) is 5.87. The van der Waals surface area contributed by atoms with Gasteiger partial charge in [0.15, 0.2) is 18.2 Å². The predicted octanol–water partition coefficient (Wildman–Crippen LogP) is 2.37. The molecule has 0 fully saturated rings. The number of nitrogens with zero attached hydrogens (tertiary/aromatic N) is 1. The van der Waals surface area contributed by atoms with E-state index in [9.17, 15) is 23.2 Å². The van der Waals surface area contributed by atoms with E-state index in [2.05, 4.69) is 10.6 Å². The molecule has 29 heavy (non-hydrogen) atoms. The van der Waals surface area contributed by atoms with Gasteiger partial charge in [-0.1, -0.05) is 18.2 Å². The molecule has 9 heteroatoms. The van der Waals surface area contributed by atoms with E-state index in [1.165, 1.54) is 6.07 Å². The van der Waals surface area contributed by atoms with Crippen LogP contribution in [0.1, 0.15) is 10.4 Å². The first-order valence-corrected chi connectivity index (χ1v) is 8.58. The van der Waals surface area contributed by atoms with Gasteiger partial charge in [-0.05, 0) is 18.2 Å². The molecule has 0 spiro atoms. The first kappa shape index (κ1) is 20.0. The lowest BCUT2D eigenvalue weighted by Gasteiger charge is -2.08. The minimum absolute atomic E-state index is 0.0468. The van der Waals surface area contributed by atoms with Gasteiger partial charge in [0.25, 0.3) is 5.91 Å². The van der Waals surface area contributed by atoms with Crippen molar-refractivity contribution in [3.8, 4) is 0 Å². The van der Waals surface area contributed by atoms with Crippen LogP contribution >= 0.6 is 0 Å². The molecule has 0 saturated carbocycles. The number of para-hydroxylation sites is 1. The Balaban J connectivity index is 1.48. The largest absolute Gasteiger partial charge is 0.452 e. The molecule has 1 aromatic heterocycles. The standard InChI is InChI=1S/C20H17F2N3O4/c1-25-10-14(13-4-2-3-5-17(13)25)20(28)29-11-19(27)23-9-18(26)24-12-6-7-15(21)16(22)8-12/h2-8,10H,9,11H2,1H3,(H,23,27)(H,24,26). The number of benzene rings is 2. The predicted molar refractivity (Wildman–Crippen MR) is 101 cm³/mol. The first-order chi connectivity index (χ1) is 13.8. The summed E-state index contributed by atoms with van der Waals surface area (Å²) in [6.45, 7) is -0.996. The van der Waals surface area contributed by atoms with Crippen LogP contribution in [0.4, 0.5) is 14.5 Å². The van der Waals surface area contributed by atoms with E-state index in [0.717, 1.165) is 17.6 Å². The van der Waals surface area contributed by atoms with Crippen LogP contribution < -0.4 is 10.6 Å². The maximum absolute atomic E-state index is 13.1. The molecule has 3 aromatic rings. The topological polar surface area (TPSA) is 89.4 Å². The summed E-state index contributed by atoms with van der Waals surface area (Å²) in [4.78, 5) is 35.8. The number of rotatable bonds is 6. The van der Waals surface area contributed by atoms with Gasteiger partial charge in [-0.3, -0.25) is 9.59 Å². The van der Waals surface area contributed by atoms with Gasteiger partial charge in [0.05, 0.1) is 12.1 Å². The summed E-state index contributed by atoms with van der Waals surface area (Å²) in [6.07, 6.45) is 1.61. The molecule has 2 N–H and O–H groups in total. The second-order valence-electron chi connectivity index (χ2n) is 6.20. The Morgan fingerprint density at radius 2 is 1.79 bits per heavy atom. The molecule has 0 radical (unpaired) electrons. The number of carbonyl (C=O) groups excluding carboxylic acids is 3. The first-order valence-electron chi connectivity index (χ1n) is 8.58. The molecular weight excluding hydrogens is 384 g/mol. The fourth-order valence-corrected chi connectivity index (χ4v) is 2.72. The summed E-state index contributed by atoms with van der Waals surface area (Å²) in [5.41, 5.74) is 1.22. The molecule has 0 bridgehead atoms. The summed E-state index contributed by atoms with van der Waals surface area (Å²) in [5, 5.41) is 5.29. The fourth-order valence-electron chi connectivity index (χ4n) is 2.72. The number of amides is 2. The average molecular weight is 401 g/mol. The molecule has 0 aliphatic carbocycles. The number of hydrogen-bond donors (Lipinski definition) is 2. The van der Waals surface area contributed by atoms with Crippen molar-refractivity contribution < 1.29 is 27.9 Å². The second-order valence-corrected chi connectivity index (χ2v) is 6.20. The average Bonchev–Trinajstić information content (AvgIpc) is 3.04. The number of halogens is 2. The van der Waals surface area contributed by atoms with Crippen LogP contribution in [0.2, 0.25) is 0 Å². The van der Waals surface area contributed by atoms with Crippen molar-refractivity contribution in [1.29, 1.82) is 0 Å². The van der Waals surface area contributed by atoms with Crippen LogP contribution in [0.15, 0.2) is 48.7 Å². The van der Waals surface area contributed by atoms with Crippen molar-refractivity contribution in [3.63, 3.8) is 0 Å². The monoisotopic (exact) mass is 401 g/mol. The van der Waals surface area contributed by atoms with Crippen LogP contribution in [0.3, 0.4) is 0 Å². The maximum atomic E-state index is 13.1. The summed E-state index contributed by atoms with van der Waals surface area (Å²) in [7, 11) is 1.79. The van der Waals surface area contributed by atoms with E-state index in [-0.39, 0.29) is 5.69 Å². The number of anilines is 1. The quantitative estimate of drug-likeness (QED) is 0.621. The van der Waals surface area contributed by atoms with E-state index in [4.69, 9.17) is 4.74 Å². The molecule has 0 saturated heterocycles. The number of hydrogen-bond acceptors (Lipinski definition) is 4. The minimum atomic E-state index is -1.10. The zero-order valence-electron chi connectivity index (χ0n) is 15.4. The number of ether oxygens (including phenoxy) is 1. The van der Waals surface area contributed by atoms with Gasteiger partial charge >= 0.3 is 5.97 Å².